The van der Waals surface area contributed by atoms with Crippen molar-refractivity contribution >= 4 is 21.7 Å². The minimum absolute atomic E-state index is 0.717. The van der Waals surface area contributed by atoms with Crippen LogP contribution in [0.2, 0.25) is 0 Å². The topological polar surface area (TPSA) is 55.6 Å². The first-order chi connectivity index (χ1) is 8.47. The number of halogens is 1. The molecule has 0 aliphatic heterocycles. The minimum atomic E-state index is 0.717. The van der Waals surface area contributed by atoms with Crippen molar-refractivity contribution in [3.05, 3.63) is 33.4 Å². The van der Waals surface area contributed by atoms with Gasteiger partial charge in [-0.3, -0.25) is 4.68 Å². The number of anilines is 1. The van der Waals surface area contributed by atoms with Gasteiger partial charge in [-0.2, -0.15) is 5.10 Å². The molecular weight excluding hydrogens is 294 g/mol. The summed E-state index contributed by atoms with van der Waals surface area (Å²) < 4.78 is 2.69. The smallest absolute Gasteiger partial charge is 0.131 e. The summed E-state index contributed by atoms with van der Waals surface area (Å²) in [6, 6.07) is 1.87. The SMILES string of the molecule is Cc1nc(Br)cc(NCc2c(C)nn(C)c2C)n1. The lowest BCUT2D eigenvalue weighted by Gasteiger charge is -2.07. The molecule has 0 spiro atoms. The maximum Gasteiger partial charge on any atom is 0.131 e. The predicted octanol–water partition coefficient (Wildman–Crippen LogP) is 2.51. The third kappa shape index (κ3) is 2.69. The van der Waals surface area contributed by atoms with E-state index in [2.05, 4.69) is 43.2 Å². The van der Waals surface area contributed by atoms with Gasteiger partial charge in [-0.15, -0.1) is 0 Å². The van der Waals surface area contributed by atoms with E-state index < -0.39 is 0 Å². The Morgan fingerprint density at radius 1 is 1.28 bits per heavy atom. The molecular formula is C12H16BrN5. The van der Waals surface area contributed by atoms with E-state index in [1.54, 1.807) is 0 Å². The number of rotatable bonds is 3. The van der Waals surface area contributed by atoms with E-state index in [0.717, 1.165) is 21.9 Å². The molecule has 0 atom stereocenters. The lowest BCUT2D eigenvalue weighted by atomic mass is 10.2. The Labute approximate surface area is 115 Å². The third-order valence-corrected chi connectivity index (χ3v) is 3.32. The van der Waals surface area contributed by atoms with Crippen LogP contribution >= 0.6 is 15.9 Å². The Balaban J connectivity index is 2.16. The Morgan fingerprint density at radius 2 is 2.00 bits per heavy atom. The summed E-state index contributed by atoms with van der Waals surface area (Å²) in [4.78, 5) is 8.51. The van der Waals surface area contributed by atoms with Crippen LogP contribution < -0.4 is 5.32 Å². The molecule has 1 N–H and O–H groups in total. The molecule has 2 aromatic heterocycles. The molecule has 0 amide bonds. The maximum absolute atomic E-state index is 4.39. The molecule has 6 heteroatoms. The number of aryl methyl sites for hydroxylation is 3. The van der Waals surface area contributed by atoms with Crippen molar-refractivity contribution in [1.82, 2.24) is 19.7 Å². The van der Waals surface area contributed by atoms with Crippen LogP contribution in [-0.2, 0) is 13.6 Å². The fraction of sp³-hybridized carbons (Fsp3) is 0.417. The van der Waals surface area contributed by atoms with Crippen molar-refractivity contribution in [3.8, 4) is 0 Å². The molecule has 0 saturated heterocycles. The lowest BCUT2D eigenvalue weighted by Crippen LogP contribution is -2.05. The molecule has 2 aromatic rings. The van der Waals surface area contributed by atoms with Crippen molar-refractivity contribution in [2.45, 2.75) is 27.3 Å². The maximum atomic E-state index is 4.39. The van der Waals surface area contributed by atoms with Crippen molar-refractivity contribution < 1.29 is 0 Å². The minimum Gasteiger partial charge on any atom is -0.366 e. The van der Waals surface area contributed by atoms with Gasteiger partial charge in [0, 0.05) is 30.9 Å². The molecule has 0 fully saturated rings. The molecule has 5 nitrogen and oxygen atoms in total. The number of hydrogen-bond donors (Lipinski definition) is 1. The van der Waals surface area contributed by atoms with E-state index in [0.29, 0.717) is 6.54 Å². The molecule has 0 unspecified atom stereocenters. The number of aromatic nitrogens is 4. The van der Waals surface area contributed by atoms with E-state index in [1.807, 2.05) is 31.6 Å². The molecule has 2 rings (SSSR count). The van der Waals surface area contributed by atoms with Gasteiger partial charge in [0.15, 0.2) is 0 Å². The van der Waals surface area contributed by atoms with Crippen LogP contribution in [0.3, 0.4) is 0 Å². The van der Waals surface area contributed by atoms with Gasteiger partial charge >= 0.3 is 0 Å². The van der Waals surface area contributed by atoms with Gasteiger partial charge in [-0.05, 0) is 36.7 Å². The average Bonchev–Trinajstić information content (AvgIpc) is 2.50. The van der Waals surface area contributed by atoms with Crippen molar-refractivity contribution in [2.75, 3.05) is 5.32 Å². The number of nitrogens with zero attached hydrogens (tertiary/aromatic N) is 4. The zero-order valence-corrected chi connectivity index (χ0v) is 12.5. The molecule has 0 radical (unpaired) electrons. The highest BCUT2D eigenvalue weighted by Crippen LogP contribution is 2.16. The molecule has 0 aliphatic rings. The summed E-state index contributed by atoms with van der Waals surface area (Å²) in [5.41, 5.74) is 3.43. The van der Waals surface area contributed by atoms with E-state index in [4.69, 9.17) is 0 Å². The Morgan fingerprint density at radius 3 is 2.56 bits per heavy atom. The van der Waals surface area contributed by atoms with Gasteiger partial charge in [0.25, 0.3) is 0 Å². The van der Waals surface area contributed by atoms with Crippen LogP contribution in [0, 0.1) is 20.8 Å². The fourth-order valence-electron chi connectivity index (χ4n) is 1.87. The summed E-state index contributed by atoms with van der Waals surface area (Å²) in [5.74, 6) is 1.56. The molecule has 0 aliphatic carbocycles. The highest BCUT2D eigenvalue weighted by Gasteiger charge is 2.09. The second kappa shape index (κ2) is 5.06. The summed E-state index contributed by atoms with van der Waals surface area (Å²) in [6.45, 7) is 6.67. The molecule has 2 heterocycles. The van der Waals surface area contributed by atoms with Crippen molar-refractivity contribution in [2.24, 2.45) is 7.05 Å². The van der Waals surface area contributed by atoms with Gasteiger partial charge in [-0.1, -0.05) is 0 Å². The first-order valence-corrected chi connectivity index (χ1v) is 6.51. The highest BCUT2D eigenvalue weighted by molar-refractivity contribution is 9.10. The monoisotopic (exact) mass is 309 g/mol. The van der Waals surface area contributed by atoms with Crippen LogP contribution in [0.1, 0.15) is 22.8 Å². The van der Waals surface area contributed by atoms with Crippen molar-refractivity contribution in [1.29, 1.82) is 0 Å². The Bertz CT molecular complexity index is 556. The van der Waals surface area contributed by atoms with Crippen LogP contribution in [0.4, 0.5) is 5.82 Å². The molecule has 96 valence electrons. The average molecular weight is 310 g/mol. The van der Waals surface area contributed by atoms with Gasteiger partial charge in [0.05, 0.1) is 5.69 Å². The normalized spacial score (nSPS) is 10.7. The summed E-state index contributed by atoms with van der Waals surface area (Å²) in [5, 5.41) is 7.70. The van der Waals surface area contributed by atoms with Crippen molar-refractivity contribution in [3.63, 3.8) is 0 Å². The highest BCUT2D eigenvalue weighted by atomic mass is 79.9. The van der Waals surface area contributed by atoms with Gasteiger partial charge < -0.3 is 5.32 Å². The Hall–Kier alpha value is -1.43. The number of hydrogen-bond acceptors (Lipinski definition) is 4. The van der Waals surface area contributed by atoms with Gasteiger partial charge in [0.1, 0.15) is 16.2 Å². The van der Waals surface area contributed by atoms with Crippen LogP contribution in [0.15, 0.2) is 10.7 Å². The van der Waals surface area contributed by atoms with E-state index >= 15 is 0 Å². The molecule has 0 saturated carbocycles. The van der Waals surface area contributed by atoms with E-state index in [9.17, 15) is 0 Å². The van der Waals surface area contributed by atoms with Crippen LogP contribution in [0.5, 0.6) is 0 Å². The summed E-state index contributed by atoms with van der Waals surface area (Å²) in [7, 11) is 1.96. The Kier molecular flexibility index (Phi) is 3.65. The second-order valence-corrected chi connectivity index (χ2v) is 5.06. The van der Waals surface area contributed by atoms with Gasteiger partial charge in [-0.25, -0.2) is 9.97 Å². The molecule has 18 heavy (non-hydrogen) atoms. The van der Waals surface area contributed by atoms with E-state index in [-0.39, 0.29) is 0 Å². The zero-order chi connectivity index (χ0) is 13.3. The quantitative estimate of drug-likeness (QED) is 0.885. The van der Waals surface area contributed by atoms with Gasteiger partial charge in [0.2, 0.25) is 0 Å². The fourth-order valence-corrected chi connectivity index (χ4v) is 2.35. The largest absolute Gasteiger partial charge is 0.366 e. The summed E-state index contributed by atoms with van der Waals surface area (Å²) >= 11 is 3.36. The number of nitrogens with one attached hydrogen (secondary N) is 1. The molecule has 0 aromatic carbocycles. The second-order valence-electron chi connectivity index (χ2n) is 4.25. The zero-order valence-electron chi connectivity index (χ0n) is 11.0. The standard InChI is InChI=1S/C12H16BrN5/c1-7-10(8(2)18(4)17-7)6-14-12-5-11(13)15-9(3)16-12/h5H,6H2,1-4H3,(H,14,15,16). The first kappa shape index (κ1) is 13.0. The first-order valence-electron chi connectivity index (χ1n) is 5.71. The third-order valence-electron chi connectivity index (χ3n) is 2.91. The van der Waals surface area contributed by atoms with Crippen LogP contribution in [-0.4, -0.2) is 19.7 Å². The molecule has 0 bridgehead atoms. The van der Waals surface area contributed by atoms with Crippen LogP contribution in [0.25, 0.3) is 0 Å². The lowest BCUT2D eigenvalue weighted by molar-refractivity contribution is 0.730. The van der Waals surface area contributed by atoms with E-state index in [1.165, 1.54) is 11.3 Å². The predicted molar refractivity (Wildman–Crippen MR) is 74.5 cm³/mol. The summed E-state index contributed by atoms with van der Waals surface area (Å²) in [6.07, 6.45) is 0.